The van der Waals surface area contributed by atoms with Crippen LogP contribution in [0.3, 0.4) is 0 Å². The van der Waals surface area contributed by atoms with E-state index < -0.39 is 72.7 Å². The predicted molar refractivity (Wildman–Crippen MR) is 101 cm³/mol. The molecule has 0 unspecified atom stereocenters. The Balaban J connectivity index is 3.56. The fourth-order valence-corrected chi connectivity index (χ4v) is 2.81. The van der Waals surface area contributed by atoms with Crippen molar-refractivity contribution in [1.29, 1.82) is 0 Å². The highest BCUT2D eigenvalue weighted by atomic mass is 16.6. The lowest BCUT2D eigenvalue weighted by molar-refractivity contribution is -0.190. The maximum Gasteiger partial charge on any atom is 0.373 e. The van der Waals surface area contributed by atoms with Gasteiger partial charge in [0.25, 0.3) is 0 Å². The van der Waals surface area contributed by atoms with E-state index in [-0.39, 0.29) is 0 Å². The average molecular weight is 457 g/mol. The van der Waals surface area contributed by atoms with Crippen LogP contribution in [0.5, 0.6) is 0 Å². The number of hydrogen-bond acceptors (Lipinski definition) is 12. The number of carbonyl (C=O) groups excluding carboxylic acids is 5. The van der Waals surface area contributed by atoms with E-state index in [1.807, 2.05) is 0 Å². The molecule has 1 aliphatic heterocycles. The lowest BCUT2D eigenvalue weighted by atomic mass is 9.94. The number of carbonyl (C=O) groups is 5. The molecule has 0 amide bonds. The van der Waals surface area contributed by atoms with Crippen molar-refractivity contribution in [2.24, 2.45) is 5.11 Å². The molecule has 0 aromatic carbocycles. The molecule has 1 rings (SSSR count). The van der Waals surface area contributed by atoms with Gasteiger partial charge in [0.2, 0.25) is 5.76 Å². The molecule has 176 valence electrons. The van der Waals surface area contributed by atoms with Crippen molar-refractivity contribution in [3.8, 4) is 0 Å². The Kier molecular flexibility index (Phi) is 9.96. The van der Waals surface area contributed by atoms with E-state index in [1.54, 1.807) is 0 Å². The van der Waals surface area contributed by atoms with Crippen LogP contribution in [0.2, 0.25) is 0 Å². The number of hydrogen-bond donors (Lipinski definition) is 0. The van der Waals surface area contributed by atoms with Crippen LogP contribution in [-0.4, -0.2) is 74.0 Å². The Morgan fingerprint density at radius 3 is 2.16 bits per heavy atom. The molecule has 14 heteroatoms. The molecule has 0 spiro atoms. The Hall–Kier alpha value is -3.80. The Labute approximate surface area is 182 Å². The number of esters is 5. The van der Waals surface area contributed by atoms with Crippen LogP contribution in [0.25, 0.3) is 10.4 Å². The molecule has 0 bridgehead atoms. The van der Waals surface area contributed by atoms with Crippen LogP contribution >= 0.6 is 0 Å². The quantitative estimate of drug-likeness (QED) is 0.154. The Bertz CT molecular complexity index is 834. The van der Waals surface area contributed by atoms with E-state index in [0.717, 1.165) is 40.9 Å². The highest BCUT2D eigenvalue weighted by Gasteiger charge is 2.48. The van der Waals surface area contributed by atoms with Gasteiger partial charge in [-0.05, 0) is 5.53 Å². The van der Waals surface area contributed by atoms with E-state index in [9.17, 15) is 24.0 Å². The first-order valence-corrected chi connectivity index (χ1v) is 9.16. The number of nitrogens with zero attached hydrogens (tertiary/aromatic N) is 3. The normalized spacial score (nSPS) is 21.3. The van der Waals surface area contributed by atoms with Gasteiger partial charge in [0.05, 0.1) is 7.11 Å². The molecule has 32 heavy (non-hydrogen) atoms. The molecule has 0 radical (unpaired) electrons. The van der Waals surface area contributed by atoms with Gasteiger partial charge in [0.1, 0.15) is 18.8 Å². The van der Waals surface area contributed by atoms with Crippen molar-refractivity contribution in [2.45, 2.75) is 58.2 Å². The second-order valence-corrected chi connectivity index (χ2v) is 6.40. The van der Waals surface area contributed by atoms with Crippen LogP contribution < -0.4 is 0 Å². The Morgan fingerprint density at radius 1 is 1.06 bits per heavy atom. The number of rotatable bonds is 9. The van der Waals surface area contributed by atoms with E-state index in [4.69, 9.17) is 29.2 Å². The molecule has 0 fully saturated rings. The van der Waals surface area contributed by atoms with Crippen molar-refractivity contribution in [3.63, 3.8) is 0 Å². The second kappa shape index (κ2) is 12.2. The molecule has 0 aliphatic carbocycles. The molecule has 0 saturated heterocycles. The molecule has 14 nitrogen and oxygen atoms in total. The van der Waals surface area contributed by atoms with Crippen LogP contribution in [0.1, 0.15) is 27.7 Å². The topological polar surface area (TPSA) is 189 Å². The summed E-state index contributed by atoms with van der Waals surface area (Å²) in [5, 5.41) is 3.55. The minimum Gasteiger partial charge on any atom is -0.479 e. The molecule has 1 aliphatic rings. The van der Waals surface area contributed by atoms with Gasteiger partial charge in [-0.25, -0.2) is 4.79 Å². The average Bonchev–Trinajstić information content (AvgIpc) is 2.69. The summed E-state index contributed by atoms with van der Waals surface area (Å²) in [4.78, 5) is 61.1. The van der Waals surface area contributed by atoms with Gasteiger partial charge in [0.15, 0.2) is 18.3 Å². The molecular weight excluding hydrogens is 434 g/mol. The predicted octanol–water partition coefficient (Wildman–Crippen LogP) is 0.479. The first-order valence-electron chi connectivity index (χ1n) is 9.16. The van der Waals surface area contributed by atoms with E-state index in [2.05, 4.69) is 14.8 Å². The van der Waals surface area contributed by atoms with Crippen molar-refractivity contribution in [2.75, 3.05) is 13.7 Å². The zero-order chi connectivity index (χ0) is 24.4. The molecule has 1 heterocycles. The van der Waals surface area contributed by atoms with E-state index in [0.29, 0.717) is 0 Å². The van der Waals surface area contributed by atoms with Gasteiger partial charge in [-0.3, -0.25) is 19.2 Å². The summed E-state index contributed by atoms with van der Waals surface area (Å²) in [5.41, 5.74) is 9.02. The van der Waals surface area contributed by atoms with E-state index >= 15 is 0 Å². The van der Waals surface area contributed by atoms with Crippen molar-refractivity contribution < 1.29 is 52.4 Å². The zero-order valence-corrected chi connectivity index (χ0v) is 18.0. The first kappa shape index (κ1) is 26.2. The second-order valence-electron chi connectivity index (χ2n) is 6.40. The fraction of sp³-hybridized carbons (Fsp3) is 0.611. The summed E-state index contributed by atoms with van der Waals surface area (Å²) in [6.45, 7) is 3.70. The Morgan fingerprint density at radius 2 is 1.69 bits per heavy atom. The number of methoxy groups -OCH3 is 1. The van der Waals surface area contributed by atoms with Crippen molar-refractivity contribution in [3.05, 3.63) is 22.3 Å². The van der Waals surface area contributed by atoms with Crippen LogP contribution in [0.15, 0.2) is 16.9 Å². The molecular formula is C18H23N3O11. The largest absolute Gasteiger partial charge is 0.479 e. The van der Waals surface area contributed by atoms with Crippen LogP contribution in [-0.2, 0) is 52.4 Å². The van der Waals surface area contributed by atoms with Gasteiger partial charge in [0, 0.05) is 38.7 Å². The SMILES string of the molecule is COC(=O)C1=C[C@H](OC(C)=O)[C@@H](N=[N+]=[N-])[C@H]([C@@H](OC(C)=O)[C@@H](COC(C)=O)OC(C)=O)O1. The molecule has 0 aromatic rings. The smallest absolute Gasteiger partial charge is 0.373 e. The molecule has 5 atom stereocenters. The third kappa shape index (κ3) is 7.80. The summed E-state index contributed by atoms with van der Waals surface area (Å²) in [5.74, 6) is -4.62. The highest BCUT2D eigenvalue weighted by Crippen LogP contribution is 2.30. The maximum absolute atomic E-state index is 12.1. The zero-order valence-electron chi connectivity index (χ0n) is 18.0. The van der Waals surface area contributed by atoms with Gasteiger partial charge in [-0.15, -0.1) is 0 Å². The van der Waals surface area contributed by atoms with Crippen molar-refractivity contribution >= 4 is 29.8 Å². The molecule has 0 N–H and O–H groups in total. The lowest BCUT2D eigenvalue weighted by Crippen LogP contribution is -2.56. The number of azide groups is 1. The summed E-state index contributed by atoms with van der Waals surface area (Å²) in [7, 11) is 1.06. The minimum atomic E-state index is -1.56. The third-order valence-corrected chi connectivity index (χ3v) is 3.89. The lowest BCUT2D eigenvalue weighted by Gasteiger charge is -2.39. The summed E-state index contributed by atoms with van der Waals surface area (Å²) in [6.07, 6.45) is -4.78. The van der Waals surface area contributed by atoms with E-state index in [1.165, 1.54) is 0 Å². The van der Waals surface area contributed by atoms with Gasteiger partial charge in [-0.1, -0.05) is 5.11 Å². The monoisotopic (exact) mass is 457 g/mol. The summed E-state index contributed by atoms with van der Waals surface area (Å²) >= 11 is 0. The van der Waals surface area contributed by atoms with Crippen molar-refractivity contribution in [1.82, 2.24) is 0 Å². The third-order valence-electron chi connectivity index (χ3n) is 3.89. The first-order chi connectivity index (χ1) is 15.0. The van der Waals surface area contributed by atoms with Gasteiger partial charge >= 0.3 is 29.8 Å². The summed E-state index contributed by atoms with van der Waals surface area (Å²) in [6, 6.07) is -1.38. The molecule has 0 saturated carbocycles. The highest BCUT2D eigenvalue weighted by molar-refractivity contribution is 5.86. The minimum absolute atomic E-state index is 0.445. The van der Waals surface area contributed by atoms with Crippen LogP contribution in [0.4, 0.5) is 0 Å². The van der Waals surface area contributed by atoms with Crippen LogP contribution in [0, 0.1) is 0 Å². The van der Waals surface area contributed by atoms with Gasteiger partial charge in [-0.2, -0.15) is 0 Å². The fourth-order valence-electron chi connectivity index (χ4n) is 2.81. The standard InChI is InChI=1S/C18H23N3O11/c1-8(22)28-7-14(30-10(3)24)16(31-11(4)25)17-15(20-21-19)12(29-9(2)23)6-13(32-17)18(26)27-5/h6,12,14-17H,7H2,1-5H3/t12-,14+,15+,16-,17+/m0/s1. The number of ether oxygens (including phenoxy) is 6. The van der Waals surface area contributed by atoms with Gasteiger partial charge < -0.3 is 28.4 Å². The summed E-state index contributed by atoms with van der Waals surface area (Å²) < 4.78 is 30.6. The molecule has 0 aromatic heterocycles. The maximum atomic E-state index is 12.1.